The lowest BCUT2D eigenvalue weighted by molar-refractivity contribution is 0.129. The van der Waals surface area contributed by atoms with Crippen molar-refractivity contribution in [1.82, 2.24) is 15.6 Å². The number of ether oxygens (including phenoxy) is 1. The Kier molecular flexibility index (Phi) is 6.96. The summed E-state index contributed by atoms with van der Waals surface area (Å²) in [6, 6.07) is 12.3. The van der Waals surface area contributed by atoms with Crippen LogP contribution >= 0.6 is 0 Å². The summed E-state index contributed by atoms with van der Waals surface area (Å²) in [5, 5.41) is 6.73. The van der Waals surface area contributed by atoms with E-state index >= 15 is 0 Å². The fourth-order valence-electron chi connectivity index (χ4n) is 3.32. The molecule has 156 valence electrons. The van der Waals surface area contributed by atoms with Crippen LogP contribution in [0.3, 0.4) is 0 Å². The number of pyridine rings is 1. The molecule has 1 saturated heterocycles. The zero-order chi connectivity index (χ0) is 20.7. The summed E-state index contributed by atoms with van der Waals surface area (Å²) in [6.45, 7) is 9.70. The number of hydrogen-bond donors (Lipinski definition) is 2. The molecule has 1 aromatic heterocycles. The maximum atomic E-state index is 6.07. The minimum absolute atomic E-state index is 0.232. The molecule has 29 heavy (non-hydrogen) atoms. The molecule has 2 aromatic rings. The monoisotopic (exact) mass is 395 g/mol. The lowest BCUT2D eigenvalue weighted by Crippen LogP contribution is -2.36. The number of hydrogen-bond acceptors (Lipinski definition) is 4. The van der Waals surface area contributed by atoms with Crippen molar-refractivity contribution < 1.29 is 4.74 Å². The Labute approximate surface area is 174 Å². The Bertz CT molecular complexity index is 805. The normalized spacial score (nSPS) is 14.8. The molecule has 1 aliphatic rings. The van der Waals surface area contributed by atoms with Crippen molar-refractivity contribution in [2.24, 2.45) is 4.99 Å². The Balaban J connectivity index is 1.52. The van der Waals surface area contributed by atoms with Gasteiger partial charge in [-0.1, -0.05) is 24.3 Å². The summed E-state index contributed by atoms with van der Waals surface area (Å²) >= 11 is 0. The lowest BCUT2D eigenvalue weighted by Gasteiger charge is -2.23. The van der Waals surface area contributed by atoms with Crippen molar-refractivity contribution in [1.29, 1.82) is 0 Å². The average Bonchev–Trinajstić information content (AvgIpc) is 3.23. The lowest BCUT2D eigenvalue weighted by atomic mass is 10.1. The number of guanidine groups is 1. The third-order valence-corrected chi connectivity index (χ3v) is 4.76. The molecule has 2 N–H and O–H groups in total. The second kappa shape index (κ2) is 9.63. The summed E-state index contributed by atoms with van der Waals surface area (Å²) < 4.78 is 6.07. The van der Waals surface area contributed by atoms with Gasteiger partial charge in [-0.2, -0.15) is 0 Å². The van der Waals surface area contributed by atoms with Gasteiger partial charge in [-0.15, -0.1) is 0 Å². The van der Waals surface area contributed by atoms with Gasteiger partial charge < -0.3 is 20.3 Å². The van der Waals surface area contributed by atoms with Crippen LogP contribution in [0.25, 0.3) is 0 Å². The molecule has 2 heterocycles. The minimum atomic E-state index is -0.232. The fraction of sp³-hybridized carbons (Fsp3) is 0.478. The number of nitrogens with one attached hydrogen (secondary N) is 2. The van der Waals surface area contributed by atoms with E-state index in [9.17, 15) is 0 Å². The van der Waals surface area contributed by atoms with E-state index in [0.29, 0.717) is 13.1 Å². The minimum Gasteiger partial charge on any atom is -0.488 e. The van der Waals surface area contributed by atoms with Gasteiger partial charge in [0.15, 0.2) is 5.96 Å². The number of aliphatic imine (C=N–C) groups is 1. The van der Waals surface area contributed by atoms with Crippen molar-refractivity contribution in [3.05, 3.63) is 53.7 Å². The second-order valence-corrected chi connectivity index (χ2v) is 8.32. The van der Waals surface area contributed by atoms with Crippen molar-refractivity contribution in [3.63, 3.8) is 0 Å². The highest BCUT2D eigenvalue weighted by Gasteiger charge is 2.15. The number of benzene rings is 1. The van der Waals surface area contributed by atoms with Crippen LogP contribution in [0.4, 0.5) is 5.82 Å². The zero-order valence-corrected chi connectivity index (χ0v) is 18.0. The Morgan fingerprint density at radius 2 is 1.79 bits per heavy atom. The van der Waals surface area contributed by atoms with Crippen LogP contribution < -0.4 is 20.3 Å². The molecule has 6 heteroatoms. The van der Waals surface area contributed by atoms with Gasteiger partial charge in [-0.05, 0) is 51.3 Å². The Hall–Kier alpha value is -2.76. The van der Waals surface area contributed by atoms with E-state index < -0.39 is 0 Å². The number of aromatic nitrogens is 1. The predicted molar refractivity (Wildman–Crippen MR) is 120 cm³/mol. The second-order valence-electron chi connectivity index (χ2n) is 8.32. The van der Waals surface area contributed by atoms with Crippen LogP contribution in [0, 0.1) is 0 Å². The van der Waals surface area contributed by atoms with E-state index in [1.165, 1.54) is 12.8 Å². The predicted octanol–water partition coefficient (Wildman–Crippen LogP) is 3.72. The summed E-state index contributed by atoms with van der Waals surface area (Å²) in [5.74, 6) is 2.72. The molecule has 0 bridgehead atoms. The molecule has 0 radical (unpaired) electrons. The first-order valence-corrected chi connectivity index (χ1v) is 10.4. The first kappa shape index (κ1) is 21.0. The first-order valence-electron chi connectivity index (χ1n) is 10.4. The van der Waals surface area contributed by atoms with Crippen LogP contribution in [-0.4, -0.2) is 36.7 Å². The molecular weight excluding hydrogens is 362 g/mol. The zero-order valence-electron chi connectivity index (χ0n) is 18.0. The summed E-state index contributed by atoms with van der Waals surface area (Å²) in [4.78, 5) is 11.3. The third kappa shape index (κ3) is 6.38. The van der Waals surface area contributed by atoms with Gasteiger partial charge in [-0.25, -0.2) is 4.98 Å². The van der Waals surface area contributed by atoms with Crippen molar-refractivity contribution >= 4 is 11.8 Å². The smallest absolute Gasteiger partial charge is 0.191 e. The van der Waals surface area contributed by atoms with Gasteiger partial charge in [0.25, 0.3) is 0 Å². The molecule has 0 atom stereocenters. The molecule has 0 amide bonds. The average molecular weight is 396 g/mol. The highest BCUT2D eigenvalue weighted by atomic mass is 16.5. The molecule has 0 unspecified atom stereocenters. The van der Waals surface area contributed by atoms with Gasteiger partial charge in [0, 0.05) is 45.0 Å². The van der Waals surface area contributed by atoms with E-state index in [1.807, 2.05) is 24.4 Å². The van der Waals surface area contributed by atoms with Gasteiger partial charge >= 0.3 is 0 Å². The highest BCUT2D eigenvalue weighted by Crippen LogP contribution is 2.23. The van der Waals surface area contributed by atoms with E-state index in [2.05, 4.69) is 64.5 Å². The van der Waals surface area contributed by atoms with Crippen LogP contribution in [0.5, 0.6) is 5.75 Å². The van der Waals surface area contributed by atoms with Crippen LogP contribution in [0.15, 0.2) is 47.6 Å². The van der Waals surface area contributed by atoms with Gasteiger partial charge in [0.05, 0.1) is 0 Å². The maximum absolute atomic E-state index is 6.07. The molecule has 0 saturated carbocycles. The molecule has 0 aliphatic carbocycles. The van der Waals surface area contributed by atoms with E-state index in [4.69, 9.17) is 4.74 Å². The largest absolute Gasteiger partial charge is 0.488 e. The molecule has 3 rings (SSSR count). The van der Waals surface area contributed by atoms with E-state index in [1.54, 1.807) is 7.05 Å². The summed E-state index contributed by atoms with van der Waals surface area (Å²) in [7, 11) is 1.78. The van der Waals surface area contributed by atoms with Crippen LogP contribution in [-0.2, 0) is 13.1 Å². The Morgan fingerprint density at radius 1 is 1.07 bits per heavy atom. The topological polar surface area (TPSA) is 61.8 Å². The van der Waals surface area contributed by atoms with Gasteiger partial charge in [0.1, 0.15) is 17.2 Å². The van der Waals surface area contributed by atoms with Gasteiger partial charge in [0.2, 0.25) is 0 Å². The maximum Gasteiger partial charge on any atom is 0.191 e. The van der Waals surface area contributed by atoms with Crippen molar-refractivity contribution in [2.45, 2.75) is 52.3 Å². The molecule has 6 nitrogen and oxygen atoms in total. The standard InChI is InChI=1S/C23H33N5O/c1-23(2,3)29-20-10-6-5-9-19(20)17-27-22(24-4)26-16-18-11-12-21(25-15-18)28-13-7-8-14-28/h5-6,9-12,15H,7-8,13-14,16-17H2,1-4H3,(H2,24,26,27). The molecule has 1 fully saturated rings. The number of para-hydroxylation sites is 1. The van der Waals surface area contributed by atoms with Crippen molar-refractivity contribution in [2.75, 3.05) is 25.0 Å². The SMILES string of the molecule is CN=C(NCc1ccc(N2CCCC2)nc1)NCc1ccccc1OC(C)(C)C. The molecule has 1 aliphatic heterocycles. The van der Waals surface area contributed by atoms with E-state index in [-0.39, 0.29) is 5.60 Å². The molecule has 1 aromatic carbocycles. The molecule has 0 spiro atoms. The number of nitrogens with zero attached hydrogens (tertiary/aromatic N) is 3. The van der Waals surface area contributed by atoms with Crippen LogP contribution in [0.1, 0.15) is 44.7 Å². The number of anilines is 1. The quantitative estimate of drug-likeness (QED) is 0.577. The third-order valence-electron chi connectivity index (χ3n) is 4.76. The first-order chi connectivity index (χ1) is 13.9. The van der Waals surface area contributed by atoms with E-state index in [0.717, 1.165) is 41.7 Å². The highest BCUT2D eigenvalue weighted by molar-refractivity contribution is 5.79. The van der Waals surface area contributed by atoms with Crippen LogP contribution in [0.2, 0.25) is 0 Å². The Morgan fingerprint density at radius 3 is 2.45 bits per heavy atom. The fourth-order valence-corrected chi connectivity index (χ4v) is 3.32. The van der Waals surface area contributed by atoms with Crippen molar-refractivity contribution in [3.8, 4) is 5.75 Å². The number of rotatable bonds is 6. The summed E-state index contributed by atoms with van der Waals surface area (Å²) in [5.41, 5.74) is 2.00. The summed E-state index contributed by atoms with van der Waals surface area (Å²) in [6.07, 6.45) is 4.47. The molecular formula is C23H33N5O. The van der Waals surface area contributed by atoms with Gasteiger partial charge in [-0.3, -0.25) is 4.99 Å².